The van der Waals surface area contributed by atoms with E-state index in [-0.39, 0.29) is 11.9 Å². The molecule has 22 heavy (non-hydrogen) atoms. The van der Waals surface area contributed by atoms with Crippen LogP contribution in [-0.4, -0.2) is 66.2 Å². The number of carbonyl (C=O) groups excluding carboxylic acids is 1. The zero-order valence-electron chi connectivity index (χ0n) is 12.6. The number of nitrogens with zero attached hydrogens (tertiary/aromatic N) is 4. The Kier molecular flexibility index (Phi) is 3.27. The predicted octanol–water partition coefficient (Wildman–Crippen LogP) is -0.123. The van der Waals surface area contributed by atoms with Crippen LogP contribution in [0.3, 0.4) is 0 Å². The molecule has 7 nitrogen and oxygen atoms in total. The molecule has 4 rings (SSSR count). The van der Waals surface area contributed by atoms with Crippen LogP contribution >= 0.6 is 0 Å². The number of piperidine rings is 1. The summed E-state index contributed by atoms with van der Waals surface area (Å²) in [5, 5.41) is 0. The number of hydrogen-bond donors (Lipinski definition) is 1. The van der Waals surface area contributed by atoms with Gasteiger partial charge in [0.2, 0.25) is 5.95 Å². The second-order valence-electron chi connectivity index (χ2n) is 6.75. The van der Waals surface area contributed by atoms with Crippen LogP contribution < -0.4 is 10.6 Å². The number of rotatable bonds is 2. The van der Waals surface area contributed by atoms with Gasteiger partial charge in [0.15, 0.2) is 0 Å². The molecule has 2 N–H and O–H groups in total. The highest BCUT2D eigenvalue weighted by molar-refractivity contribution is 5.93. The summed E-state index contributed by atoms with van der Waals surface area (Å²) in [6.07, 6.45) is 5.01. The predicted molar refractivity (Wildman–Crippen MR) is 80.6 cm³/mol. The Morgan fingerprint density at radius 3 is 2.41 bits per heavy atom. The first-order valence-electron chi connectivity index (χ1n) is 7.85. The number of nitrogens with two attached hydrogens (primary N) is 1. The van der Waals surface area contributed by atoms with E-state index in [0.29, 0.717) is 16.9 Å². The Balaban J connectivity index is 1.38. The summed E-state index contributed by atoms with van der Waals surface area (Å²) in [4.78, 5) is 25.1. The van der Waals surface area contributed by atoms with Gasteiger partial charge < -0.3 is 20.3 Å². The van der Waals surface area contributed by atoms with Crippen molar-refractivity contribution in [1.82, 2.24) is 14.9 Å². The molecule has 0 bridgehead atoms. The molecule has 0 aliphatic carbocycles. The van der Waals surface area contributed by atoms with Crippen LogP contribution in [0.1, 0.15) is 23.2 Å². The van der Waals surface area contributed by atoms with E-state index >= 15 is 0 Å². The Morgan fingerprint density at radius 2 is 1.86 bits per heavy atom. The van der Waals surface area contributed by atoms with E-state index in [2.05, 4.69) is 14.9 Å². The molecule has 0 aromatic carbocycles. The summed E-state index contributed by atoms with van der Waals surface area (Å²) in [6, 6.07) is 0.219. The third-order valence-electron chi connectivity index (χ3n) is 4.86. The van der Waals surface area contributed by atoms with Gasteiger partial charge in [-0.05, 0) is 12.8 Å². The summed E-state index contributed by atoms with van der Waals surface area (Å²) in [5.41, 5.74) is 6.77. The number of ether oxygens (including phenoxy) is 1. The lowest BCUT2D eigenvalue weighted by Gasteiger charge is -2.54. The summed E-state index contributed by atoms with van der Waals surface area (Å²) in [6.45, 7) is 5.02. The minimum atomic E-state index is 0.00548. The summed E-state index contributed by atoms with van der Waals surface area (Å²) >= 11 is 0. The fraction of sp³-hybridized carbons (Fsp3) is 0.667. The summed E-state index contributed by atoms with van der Waals surface area (Å²) in [5.74, 6) is 0.709. The number of amides is 1. The van der Waals surface area contributed by atoms with E-state index in [1.165, 1.54) is 0 Å². The van der Waals surface area contributed by atoms with Gasteiger partial charge in [0.05, 0.1) is 24.2 Å². The maximum absolute atomic E-state index is 12.4. The lowest BCUT2D eigenvalue weighted by molar-refractivity contribution is -0.127. The Labute approximate surface area is 129 Å². The average molecular weight is 303 g/mol. The molecule has 1 aromatic rings. The van der Waals surface area contributed by atoms with Gasteiger partial charge in [-0.2, -0.15) is 0 Å². The first-order valence-corrected chi connectivity index (χ1v) is 7.85. The third kappa shape index (κ3) is 2.34. The fourth-order valence-corrected chi connectivity index (χ4v) is 3.36. The molecule has 0 radical (unpaired) electrons. The van der Waals surface area contributed by atoms with Gasteiger partial charge in [0, 0.05) is 44.6 Å². The van der Waals surface area contributed by atoms with E-state index in [4.69, 9.17) is 10.5 Å². The zero-order chi connectivity index (χ0) is 15.2. The molecule has 3 aliphatic rings. The first-order chi connectivity index (χ1) is 10.7. The molecule has 3 aliphatic heterocycles. The Hall–Kier alpha value is -1.73. The van der Waals surface area contributed by atoms with Crippen LogP contribution in [-0.2, 0) is 4.74 Å². The van der Waals surface area contributed by atoms with Crippen LogP contribution in [0.4, 0.5) is 5.95 Å². The van der Waals surface area contributed by atoms with Crippen LogP contribution in [0, 0.1) is 5.41 Å². The molecule has 4 heterocycles. The summed E-state index contributed by atoms with van der Waals surface area (Å²) < 4.78 is 5.26. The zero-order valence-corrected chi connectivity index (χ0v) is 12.6. The largest absolute Gasteiger partial charge is 0.380 e. The van der Waals surface area contributed by atoms with E-state index in [1.807, 2.05) is 4.90 Å². The topological polar surface area (TPSA) is 84.6 Å². The molecule has 118 valence electrons. The van der Waals surface area contributed by atoms with E-state index in [0.717, 1.165) is 52.2 Å². The van der Waals surface area contributed by atoms with Crippen molar-refractivity contribution in [3.05, 3.63) is 18.0 Å². The highest BCUT2D eigenvalue weighted by atomic mass is 16.5. The van der Waals surface area contributed by atoms with Gasteiger partial charge in [-0.3, -0.25) is 4.79 Å². The maximum Gasteiger partial charge on any atom is 0.256 e. The monoisotopic (exact) mass is 303 g/mol. The molecular weight excluding hydrogens is 282 g/mol. The minimum Gasteiger partial charge on any atom is -0.380 e. The molecule has 0 unspecified atom stereocenters. The number of anilines is 1. The molecule has 1 spiro atoms. The molecule has 7 heteroatoms. The van der Waals surface area contributed by atoms with Crippen molar-refractivity contribution in [3.8, 4) is 0 Å². The number of aromatic nitrogens is 2. The lowest BCUT2D eigenvalue weighted by Crippen LogP contribution is -2.66. The molecule has 3 saturated heterocycles. The van der Waals surface area contributed by atoms with Gasteiger partial charge in [-0.25, -0.2) is 9.97 Å². The molecule has 1 amide bonds. The molecule has 0 atom stereocenters. The first kappa shape index (κ1) is 13.9. The molecule has 1 aromatic heterocycles. The van der Waals surface area contributed by atoms with Crippen LogP contribution in [0.25, 0.3) is 0 Å². The lowest BCUT2D eigenvalue weighted by atomic mass is 9.78. The van der Waals surface area contributed by atoms with E-state index in [1.54, 1.807) is 12.4 Å². The quantitative estimate of drug-likeness (QED) is 0.820. The van der Waals surface area contributed by atoms with Crippen molar-refractivity contribution in [2.45, 2.75) is 18.9 Å². The molecular formula is C15H21N5O2. The third-order valence-corrected chi connectivity index (χ3v) is 4.86. The van der Waals surface area contributed by atoms with E-state index in [9.17, 15) is 4.79 Å². The second-order valence-corrected chi connectivity index (χ2v) is 6.75. The number of hydrogen-bond acceptors (Lipinski definition) is 6. The van der Waals surface area contributed by atoms with Crippen LogP contribution in [0.5, 0.6) is 0 Å². The van der Waals surface area contributed by atoms with Crippen molar-refractivity contribution < 1.29 is 9.53 Å². The minimum absolute atomic E-state index is 0.00548. The highest BCUT2D eigenvalue weighted by Gasteiger charge is 2.49. The van der Waals surface area contributed by atoms with Crippen LogP contribution in [0.15, 0.2) is 12.4 Å². The van der Waals surface area contributed by atoms with Crippen molar-refractivity contribution >= 4 is 11.9 Å². The van der Waals surface area contributed by atoms with Crippen molar-refractivity contribution in [2.24, 2.45) is 11.1 Å². The number of likely N-dealkylation sites (tertiary alicyclic amines) is 1. The van der Waals surface area contributed by atoms with Gasteiger partial charge in [-0.15, -0.1) is 0 Å². The van der Waals surface area contributed by atoms with Crippen LogP contribution in [0.2, 0.25) is 0 Å². The normalized spacial score (nSPS) is 24.0. The van der Waals surface area contributed by atoms with Gasteiger partial charge >= 0.3 is 0 Å². The SMILES string of the molecule is NC1CCN(C(=O)c2cnc(N3CC4(COC4)C3)nc2)CC1. The second kappa shape index (κ2) is 5.17. The molecule has 0 saturated carbocycles. The number of carbonyl (C=O) groups is 1. The highest BCUT2D eigenvalue weighted by Crippen LogP contribution is 2.38. The average Bonchev–Trinajstić information content (AvgIpc) is 2.45. The van der Waals surface area contributed by atoms with E-state index < -0.39 is 0 Å². The fourth-order valence-electron chi connectivity index (χ4n) is 3.36. The Bertz CT molecular complexity index is 556. The smallest absolute Gasteiger partial charge is 0.256 e. The Morgan fingerprint density at radius 1 is 1.23 bits per heavy atom. The van der Waals surface area contributed by atoms with Gasteiger partial charge in [0.25, 0.3) is 5.91 Å². The molecule has 3 fully saturated rings. The summed E-state index contributed by atoms with van der Waals surface area (Å²) in [7, 11) is 0. The van der Waals surface area contributed by atoms with Crippen molar-refractivity contribution in [2.75, 3.05) is 44.3 Å². The standard InChI is InChI=1S/C15H21N5O2/c16-12-1-3-19(4-2-12)13(21)11-5-17-14(18-6-11)20-7-15(8-20)9-22-10-15/h5-6,12H,1-4,7-10,16H2. The van der Waals surface area contributed by atoms with Gasteiger partial charge in [0.1, 0.15) is 0 Å². The van der Waals surface area contributed by atoms with Crippen molar-refractivity contribution in [1.29, 1.82) is 0 Å². The van der Waals surface area contributed by atoms with Crippen molar-refractivity contribution in [3.63, 3.8) is 0 Å². The maximum atomic E-state index is 12.4. The van der Waals surface area contributed by atoms with Gasteiger partial charge in [-0.1, -0.05) is 0 Å².